The lowest BCUT2D eigenvalue weighted by atomic mass is 10.3. The lowest BCUT2D eigenvalue weighted by Crippen LogP contribution is -2.14. The van der Waals surface area contributed by atoms with E-state index in [0.29, 0.717) is 48.3 Å². The molecule has 0 aliphatic heterocycles. The Kier molecular flexibility index (Phi) is 6.01. The molecule has 2 aromatic rings. The highest BCUT2D eigenvalue weighted by Gasteiger charge is 2.13. The quantitative estimate of drug-likeness (QED) is 0.328. The van der Waals surface area contributed by atoms with Gasteiger partial charge in [-0.05, 0) is 0 Å². The van der Waals surface area contributed by atoms with Gasteiger partial charge >= 0.3 is 0 Å². The van der Waals surface area contributed by atoms with E-state index in [2.05, 4.69) is 35.9 Å². The Morgan fingerprint density at radius 2 is 1.36 bits per heavy atom. The van der Waals surface area contributed by atoms with Crippen LogP contribution in [0.2, 0.25) is 0 Å². The zero-order valence-corrected chi connectivity index (χ0v) is 12.0. The van der Waals surface area contributed by atoms with Crippen molar-refractivity contribution in [2.45, 2.75) is 0 Å². The van der Waals surface area contributed by atoms with Crippen LogP contribution in [0.5, 0.6) is 0 Å². The fourth-order valence-corrected chi connectivity index (χ4v) is 1.80. The minimum atomic E-state index is -0.0539. The fraction of sp³-hybridized carbons (Fsp3) is 0.500. The molecule has 6 N–H and O–H groups in total. The summed E-state index contributed by atoms with van der Waals surface area (Å²) in [6.45, 7) is 0.803. The van der Waals surface area contributed by atoms with Crippen molar-refractivity contribution in [3.05, 3.63) is 6.33 Å². The van der Waals surface area contributed by atoms with Crippen LogP contribution in [0.15, 0.2) is 6.33 Å². The Hall–Kier alpha value is -2.30. The van der Waals surface area contributed by atoms with Gasteiger partial charge in [-0.15, -0.1) is 0 Å². The fourth-order valence-electron chi connectivity index (χ4n) is 1.80. The third-order valence-electron chi connectivity index (χ3n) is 2.69. The van der Waals surface area contributed by atoms with Gasteiger partial charge in [-0.25, -0.2) is 15.0 Å². The lowest BCUT2D eigenvalue weighted by Gasteiger charge is -2.12. The minimum Gasteiger partial charge on any atom is -0.395 e. The smallest absolute Gasteiger partial charge is 0.225 e. The average molecular weight is 309 g/mol. The van der Waals surface area contributed by atoms with Crippen molar-refractivity contribution in [3.63, 3.8) is 0 Å². The highest BCUT2D eigenvalue weighted by Crippen LogP contribution is 2.24. The molecule has 22 heavy (non-hydrogen) atoms. The van der Waals surface area contributed by atoms with Crippen molar-refractivity contribution in [2.75, 3.05) is 55.4 Å². The molecule has 0 saturated carbocycles. The van der Waals surface area contributed by atoms with Gasteiger partial charge < -0.3 is 31.3 Å². The number of aliphatic hydroxyl groups excluding tert-OH is 3. The molecule has 0 radical (unpaired) electrons. The molecule has 0 bridgehead atoms. The molecule has 0 unspecified atom stereocenters. The predicted octanol–water partition coefficient (Wildman–Crippen LogP) is -1.37. The van der Waals surface area contributed by atoms with Gasteiger partial charge in [-0.3, -0.25) is 0 Å². The zero-order chi connectivity index (χ0) is 15.8. The number of nitrogens with one attached hydrogen (secondary N) is 3. The Bertz CT molecular complexity index is 611. The molecule has 0 aliphatic carbocycles. The van der Waals surface area contributed by atoms with Gasteiger partial charge in [-0.2, -0.15) is 4.98 Å². The second kappa shape index (κ2) is 8.22. The SMILES string of the molecule is OCCNc1nc(NCCO)c2ncnc(NCCO)c2n1. The molecular weight excluding hydrogens is 290 g/mol. The van der Waals surface area contributed by atoms with Crippen molar-refractivity contribution in [3.8, 4) is 0 Å². The zero-order valence-electron chi connectivity index (χ0n) is 12.0. The molecule has 2 aromatic heterocycles. The second-order valence-corrected chi connectivity index (χ2v) is 4.27. The van der Waals surface area contributed by atoms with E-state index in [-0.39, 0.29) is 19.8 Å². The Morgan fingerprint density at radius 1 is 0.727 bits per heavy atom. The summed E-state index contributed by atoms with van der Waals surface area (Å²) < 4.78 is 0. The molecule has 0 fully saturated rings. The van der Waals surface area contributed by atoms with E-state index in [0.717, 1.165) is 0 Å². The normalized spacial score (nSPS) is 10.7. The van der Waals surface area contributed by atoms with E-state index in [1.807, 2.05) is 0 Å². The first-order chi connectivity index (χ1) is 10.8. The Balaban J connectivity index is 2.44. The third-order valence-corrected chi connectivity index (χ3v) is 2.69. The maximum Gasteiger partial charge on any atom is 0.225 e. The monoisotopic (exact) mass is 309 g/mol. The predicted molar refractivity (Wildman–Crippen MR) is 81.9 cm³/mol. The standard InChI is InChI=1S/C12H19N7O3/c20-4-1-13-10-9-8(16-7-17-10)11(14-2-5-21)19-12(18-9)15-3-6-22/h7,20-22H,1-6H2,(H,13,16,17)(H2,14,15,18,19). The molecule has 0 aromatic carbocycles. The average Bonchev–Trinajstić information content (AvgIpc) is 2.55. The number of fused-ring (bicyclic) bond motifs is 1. The summed E-state index contributed by atoms with van der Waals surface area (Å²) in [5, 5.41) is 35.6. The summed E-state index contributed by atoms with van der Waals surface area (Å²) >= 11 is 0. The van der Waals surface area contributed by atoms with Crippen molar-refractivity contribution >= 4 is 28.6 Å². The summed E-state index contributed by atoms with van der Waals surface area (Å²) in [6.07, 6.45) is 1.37. The molecule has 10 nitrogen and oxygen atoms in total. The molecule has 2 rings (SSSR count). The number of rotatable bonds is 9. The summed E-state index contributed by atoms with van der Waals surface area (Å²) in [6, 6.07) is 0. The Labute approximate surface area is 126 Å². The Morgan fingerprint density at radius 3 is 2.05 bits per heavy atom. The third kappa shape index (κ3) is 3.87. The first kappa shape index (κ1) is 16.1. The first-order valence-corrected chi connectivity index (χ1v) is 6.87. The number of nitrogens with zero attached hydrogens (tertiary/aromatic N) is 4. The topological polar surface area (TPSA) is 148 Å². The van der Waals surface area contributed by atoms with Crippen LogP contribution in [-0.4, -0.2) is 74.7 Å². The molecule has 0 aliphatic rings. The highest BCUT2D eigenvalue weighted by atomic mass is 16.3. The first-order valence-electron chi connectivity index (χ1n) is 6.87. The molecular formula is C12H19N7O3. The molecule has 0 spiro atoms. The van der Waals surface area contributed by atoms with Crippen LogP contribution in [0, 0.1) is 0 Å². The van der Waals surface area contributed by atoms with E-state index in [1.54, 1.807) is 0 Å². The number of hydrogen-bond acceptors (Lipinski definition) is 10. The van der Waals surface area contributed by atoms with E-state index in [9.17, 15) is 0 Å². The van der Waals surface area contributed by atoms with E-state index >= 15 is 0 Å². The van der Waals surface area contributed by atoms with Crippen LogP contribution in [0.25, 0.3) is 11.0 Å². The van der Waals surface area contributed by atoms with Crippen molar-refractivity contribution in [1.82, 2.24) is 19.9 Å². The maximum absolute atomic E-state index is 8.95. The number of aliphatic hydroxyl groups is 3. The van der Waals surface area contributed by atoms with Crippen molar-refractivity contribution in [2.24, 2.45) is 0 Å². The van der Waals surface area contributed by atoms with Crippen LogP contribution in [0.1, 0.15) is 0 Å². The van der Waals surface area contributed by atoms with Crippen LogP contribution in [0.3, 0.4) is 0 Å². The summed E-state index contributed by atoms with van der Waals surface area (Å²) in [5.74, 6) is 1.23. The summed E-state index contributed by atoms with van der Waals surface area (Å²) in [5.41, 5.74) is 0.977. The van der Waals surface area contributed by atoms with Gasteiger partial charge in [0.2, 0.25) is 5.95 Å². The van der Waals surface area contributed by atoms with Crippen molar-refractivity contribution < 1.29 is 15.3 Å². The number of aromatic nitrogens is 4. The minimum absolute atomic E-state index is 0.0399. The molecule has 2 heterocycles. The summed E-state index contributed by atoms with van der Waals surface area (Å²) in [4.78, 5) is 16.9. The van der Waals surface area contributed by atoms with E-state index in [1.165, 1.54) is 6.33 Å². The largest absolute Gasteiger partial charge is 0.395 e. The van der Waals surface area contributed by atoms with Crippen LogP contribution < -0.4 is 16.0 Å². The van der Waals surface area contributed by atoms with E-state index < -0.39 is 0 Å². The van der Waals surface area contributed by atoms with Crippen molar-refractivity contribution in [1.29, 1.82) is 0 Å². The van der Waals surface area contributed by atoms with Crippen LogP contribution in [-0.2, 0) is 0 Å². The molecule has 120 valence electrons. The van der Waals surface area contributed by atoms with E-state index in [4.69, 9.17) is 15.3 Å². The second-order valence-electron chi connectivity index (χ2n) is 4.27. The number of hydrogen-bond donors (Lipinski definition) is 6. The van der Waals surface area contributed by atoms with Gasteiger partial charge in [0, 0.05) is 19.6 Å². The van der Waals surface area contributed by atoms with Gasteiger partial charge in [0.15, 0.2) is 11.6 Å². The highest BCUT2D eigenvalue weighted by molar-refractivity contribution is 5.93. The van der Waals surface area contributed by atoms with Crippen LogP contribution in [0.4, 0.5) is 17.6 Å². The molecule has 0 saturated heterocycles. The van der Waals surface area contributed by atoms with Gasteiger partial charge in [0.1, 0.15) is 17.4 Å². The maximum atomic E-state index is 8.95. The molecule has 10 heteroatoms. The van der Waals surface area contributed by atoms with Gasteiger partial charge in [0.25, 0.3) is 0 Å². The molecule has 0 atom stereocenters. The molecule has 0 amide bonds. The number of anilines is 3. The van der Waals surface area contributed by atoms with Gasteiger partial charge in [0.05, 0.1) is 19.8 Å². The summed E-state index contributed by atoms with van der Waals surface area (Å²) in [7, 11) is 0. The van der Waals surface area contributed by atoms with Crippen LogP contribution >= 0.6 is 0 Å². The lowest BCUT2D eigenvalue weighted by molar-refractivity contribution is 0.310. The van der Waals surface area contributed by atoms with Gasteiger partial charge in [-0.1, -0.05) is 0 Å².